The number of aliphatic hydroxyl groups excluding tert-OH is 1. The molecule has 1 unspecified atom stereocenters. The van der Waals surface area contributed by atoms with Crippen LogP contribution in [-0.4, -0.2) is 17.0 Å². The second-order valence-corrected chi connectivity index (χ2v) is 4.49. The molecule has 0 aromatic heterocycles. The molecule has 0 heterocycles. The predicted molar refractivity (Wildman–Crippen MR) is 59.2 cm³/mol. The molecule has 0 amide bonds. The Labute approximate surface area is 87.7 Å². The van der Waals surface area contributed by atoms with Gasteiger partial charge >= 0.3 is 0 Å². The van der Waals surface area contributed by atoms with Crippen LogP contribution in [0.25, 0.3) is 0 Å². The monoisotopic (exact) mass is 200 g/mol. The fourth-order valence-corrected chi connectivity index (χ4v) is 1.53. The van der Waals surface area contributed by atoms with Crippen LogP contribution in [0.3, 0.4) is 0 Å². The molecule has 84 valence electrons. The summed E-state index contributed by atoms with van der Waals surface area (Å²) in [6.07, 6.45) is 4.66. The SMILES string of the molecule is CCCCCC(O)CC(=O)CC(C)C. The number of rotatable bonds is 8. The van der Waals surface area contributed by atoms with Crippen molar-refractivity contribution < 1.29 is 9.90 Å². The molecular formula is C12H24O2. The Morgan fingerprint density at radius 1 is 1.21 bits per heavy atom. The summed E-state index contributed by atoms with van der Waals surface area (Å²) in [6, 6.07) is 0. The molecule has 0 aromatic carbocycles. The number of unbranched alkanes of at least 4 members (excludes halogenated alkanes) is 2. The molecule has 1 atom stereocenters. The first-order valence-corrected chi connectivity index (χ1v) is 5.76. The van der Waals surface area contributed by atoms with Crippen LogP contribution in [0, 0.1) is 5.92 Å². The third kappa shape index (κ3) is 8.24. The van der Waals surface area contributed by atoms with E-state index in [2.05, 4.69) is 6.92 Å². The molecule has 0 saturated carbocycles. The van der Waals surface area contributed by atoms with E-state index in [-0.39, 0.29) is 5.78 Å². The van der Waals surface area contributed by atoms with Crippen LogP contribution in [0.15, 0.2) is 0 Å². The molecule has 0 spiro atoms. The Morgan fingerprint density at radius 2 is 1.86 bits per heavy atom. The zero-order valence-corrected chi connectivity index (χ0v) is 9.75. The van der Waals surface area contributed by atoms with Gasteiger partial charge in [0.25, 0.3) is 0 Å². The van der Waals surface area contributed by atoms with Crippen molar-refractivity contribution in [1.29, 1.82) is 0 Å². The second-order valence-electron chi connectivity index (χ2n) is 4.49. The first-order chi connectivity index (χ1) is 6.56. The van der Waals surface area contributed by atoms with Gasteiger partial charge in [0.2, 0.25) is 0 Å². The van der Waals surface area contributed by atoms with Crippen LogP contribution < -0.4 is 0 Å². The maximum absolute atomic E-state index is 11.3. The van der Waals surface area contributed by atoms with Gasteiger partial charge in [-0.15, -0.1) is 0 Å². The van der Waals surface area contributed by atoms with E-state index >= 15 is 0 Å². The van der Waals surface area contributed by atoms with E-state index in [4.69, 9.17) is 0 Å². The molecule has 0 bridgehead atoms. The van der Waals surface area contributed by atoms with Gasteiger partial charge < -0.3 is 5.11 Å². The average molecular weight is 200 g/mol. The number of aliphatic hydroxyl groups is 1. The van der Waals surface area contributed by atoms with Crippen LogP contribution in [0.4, 0.5) is 0 Å². The molecule has 0 saturated heterocycles. The molecule has 0 aliphatic carbocycles. The van der Waals surface area contributed by atoms with E-state index in [9.17, 15) is 9.90 Å². The first kappa shape index (κ1) is 13.6. The van der Waals surface area contributed by atoms with E-state index in [1.54, 1.807) is 0 Å². The lowest BCUT2D eigenvalue weighted by molar-refractivity contribution is -0.121. The van der Waals surface area contributed by atoms with Gasteiger partial charge in [0.05, 0.1) is 6.10 Å². The maximum atomic E-state index is 11.3. The fourth-order valence-electron chi connectivity index (χ4n) is 1.53. The van der Waals surface area contributed by atoms with Gasteiger partial charge in [-0.1, -0.05) is 40.0 Å². The minimum Gasteiger partial charge on any atom is -0.393 e. The molecule has 0 radical (unpaired) electrons. The molecule has 2 nitrogen and oxygen atoms in total. The van der Waals surface area contributed by atoms with Gasteiger partial charge in [-0.3, -0.25) is 4.79 Å². The number of carbonyl (C=O) groups is 1. The zero-order chi connectivity index (χ0) is 11.0. The van der Waals surface area contributed by atoms with Crippen LogP contribution in [0.5, 0.6) is 0 Å². The van der Waals surface area contributed by atoms with Crippen molar-refractivity contribution in [3.05, 3.63) is 0 Å². The second kappa shape index (κ2) is 7.98. The highest BCUT2D eigenvalue weighted by atomic mass is 16.3. The summed E-state index contributed by atoms with van der Waals surface area (Å²) >= 11 is 0. The summed E-state index contributed by atoms with van der Waals surface area (Å²) in [6.45, 7) is 6.19. The highest BCUT2D eigenvalue weighted by Crippen LogP contribution is 2.10. The summed E-state index contributed by atoms with van der Waals surface area (Å²) in [7, 11) is 0. The van der Waals surface area contributed by atoms with Crippen LogP contribution in [0.2, 0.25) is 0 Å². The molecule has 0 fully saturated rings. The molecule has 2 heteroatoms. The smallest absolute Gasteiger partial charge is 0.135 e. The molecular weight excluding hydrogens is 176 g/mol. The normalized spacial score (nSPS) is 13.2. The van der Waals surface area contributed by atoms with Crippen LogP contribution >= 0.6 is 0 Å². The van der Waals surface area contributed by atoms with E-state index in [1.807, 2.05) is 13.8 Å². The number of Topliss-reactive ketones (excluding diaryl/α,β-unsaturated/α-hetero) is 1. The van der Waals surface area contributed by atoms with Crippen molar-refractivity contribution >= 4 is 5.78 Å². The third-order valence-corrected chi connectivity index (χ3v) is 2.24. The Morgan fingerprint density at radius 3 is 2.36 bits per heavy atom. The van der Waals surface area contributed by atoms with Gasteiger partial charge in [-0.05, 0) is 12.3 Å². The van der Waals surface area contributed by atoms with E-state index in [0.29, 0.717) is 18.8 Å². The largest absolute Gasteiger partial charge is 0.393 e. The van der Waals surface area contributed by atoms with Crippen molar-refractivity contribution in [2.75, 3.05) is 0 Å². The zero-order valence-electron chi connectivity index (χ0n) is 9.75. The lowest BCUT2D eigenvalue weighted by atomic mass is 10.00. The van der Waals surface area contributed by atoms with Gasteiger partial charge in [-0.25, -0.2) is 0 Å². The molecule has 0 rings (SSSR count). The number of hydrogen-bond donors (Lipinski definition) is 1. The van der Waals surface area contributed by atoms with Gasteiger partial charge in [0.1, 0.15) is 5.78 Å². The van der Waals surface area contributed by atoms with E-state index < -0.39 is 6.10 Å². The molecule has 0 aliphatic rings. The van der Waals surface area contributed by atoms with Crippen molar-refractivity contribution in [2.45, 2.75) is 65.4 Å². The van der Waals surface area contributed by atoms with Gasteiger partial charge in [-0.2, -0.15) is 0 Å². The molecule has 0 aliphatic heterocycles. The fraction of sp³-hybridized carbons (Fsp3) is 0.917. The highest BCUT2D eigenvalue weighted by Gasteiger charge is 2.11. The number of carbonyl (C=O) groups excluding carboxylic acids is 1. The predicted octanol–water partition coefficient (Wildman–Crippen LogP) is 2.93. The van der Waals surface area contributed by atoms with Crippen LogP contribution in [-0.2, 0) is 4.79 Å². The lowest BCUT2D eigenvalue weighted by Gasteiger charge is -2.10. The Hall–Kier alpha value is -0.370. The standard InChI is InChI=1S/C12H24O2/c1-4-5-6-7-11(13)9-12(14)8-10(2)3/h10-11,13H,4-9H2,1-3H3. The Balaban J connectivity index is 3.50. The van der Waals surface area contributed by atoms with E-state index in [1.165, 1.54) is 0 Å². The van der Waals surface area contributed by atoms with E-state index in [0.717, 1.165) is 25.7 Å². The van der Waals surface area contributed by atoms with Gasteiger partial charge in [0, 0.05) is 12.8 Å². The summed E-state index contributed by atoms with van der Waals surface area (Å²) in [4.78, 5) is 11.3. The molecule has 1 N–H and O–H groups in total. The Bertz CT molecular complexity index is 152. The Kier molecular flexibility index (Phi) is 7.77. The summed E-state index contributed by atoms with van der Waals surface area (Å²) in [5, 5.41) is 9.54. The minimum atomic E-state index is -0.409. The summed E-state index contributed by atoms with van der Waals surface area (Å²) < 4.78 is 0. The average Bonchev–Trinajstić information content (AvgIpc) is 2.02. The van der Waals surface area contributed by atoms with Crippen molar-refractivity contribution in [3.8, 4) is 0 Å². The highest BCUT2D eigenvalue weighted by molar-refractivity contribution is 5.78. The maximum Gasteiger partial charge on any atom is 0.135 e. The van der Waals surface area contributed by atoms with Gasteiger partial charge in [0.15, 0.2) is 0 Å². The number of hydrogen-bond acceptors (Lipinski definition) is 2. The summed E-state index contributed by atoms with van der Waals surface area (Å²) in [5.41, 5.74) is 0. The van der Waals surface area contributed by atoms with Crippen molar-refractivity contribution in [3.63, 3.8) is 0 Å². The number of ketones is 1. The van der Waals surface area contributed by atoms with Crippen molar-refractivity contribution in [2.24, 2.45) is 5.92 Å². The lowest BCUT2D eigenvalue weighted by Crippen LogP contribution is -2.14. The quantitative estimate of drug-likeness (QED) is 0.612. The summed E-state index contributed by atoms with van der Waals surface area (Å²) in [5.74, 6) is 0.606. The van der Waals surface area contributed by atoms with Crippen molar-refractivity contribution in [1.82, 2.24) is 0 Å². The van der Waals surface area contributed by atoms with Crippen LogP contribution in [0.1, 0.15) is 59.3 Å². The molecule has 14 heavy (non-hydrogen) atoms. The first-order valence-electron chi connectivity index (χ1n) is 5.76. The minimum absolute atomic E-state index is 0.198. The topological polar surface area (TPSA) is 37.3 Å². The molecule has 0 aromatic rings. The third-order valence-electron chi connectivity index (χ3n) is 2.24.